The first-order valence-electron chi connectivity index (χ1n) is 11.1. The topological polar surface area (TPSA) is 72.3 Å². The molecule has 0 radical (unpaired) electrons. The molecule has 0 saturated heterocycles. The van der Waals surface area contributed by atoms with E-state index in [2.05, 4.69) is 11.6 Å². The standard InChI is InChI=1S/C26H30FN3O3S/c1-5-13-29(25(31)21-11-8-12-23(27)14-21)17-24-15-28-26(30(24)16-19(2)3)34(32,33)18-22-10-7-6-9-20(22)4/h5-12,14-15,19H,1,13,16-18H2,2-4H3. The van der Waals surface area contributed by atoms with Gasteiger partial charge in [0.05, 0.1) is 24.2 Å². The summed E-state index contributed by atoms with van der Waals surface area (Å²) in [5.74, 6) is -0.890. The Balaban J connectivity index is 1.97. The zero-order valence-corrected chi connectivity index (χ0v) is 20.6. The molecule has 0 aliphatic heterocycles. The molecule has 3 rings (SSSR count). The quantitative estimate of drug-likeness (QED) is 0.389. The van der Waals surface area contributed by atoms with Crippen LogP contribution in [0.5, 0.6) is 0 Å². The van der Waals surface area contributed by atoms with Crippen LogP contribution in [0, 0.1) is 18.7 Å². The summed E-state index contributed by atoms with van der Waals surface area (Å²) in [6.45, 7) is 10.3. The maximum atomic E-state index is 13.7. The number of imidazole rings is 1. The second-order valence-electron chi connectivity index (χ2n) is 8.71. The fourth-order valence-electron chi connectivity index (χ4n) is 3.74. The third kappa shape index (κ3) is 5.99. The molecule has 0 aliphatic carbocycles. The minimum atomic E-state index is -3.74. The van der Waals surface area contributed by atoms with Gasteiger partial charge in [0.25, 0.3) is 5.91 Å². The Kier molecular flexibility index (Phi) is 8.04. The van der Waals surface area contributed by atoms with E-state index in [1.165, 1.54) is 29.3 Å². The molecule has 1 amide bonds. The van der Waals surface area contributed by atoms with E-state index in [1.807, 2.05) is 39.0 Å². The average Bonchev–Trinajstić information content (AvgIpc) is 3.17. The van der Waals surface area contributed by atoms with Crippen molar-refractivity contribution in [2.24, 2.45) is 5.92 Å². The average molecular weight is 484 g/mol. The molecule has 0 unspecified atom stereocenters. The van der Waals surface area contributed by atoms with Crippen molar-refractivity contribution in [3.05, 3.63) is 95.6 Å². The number of aromatic nitrogens is 2. The molecule has 34 heavy (non-hydrogen) atoms. The second kappa shape index (κ2) is 10.8. The van der Waals surface area contributed by atoms with Crippen molar-refractivity contribution in [2.45, 2.75) is 44.8 Å². The Hall–Kier alpha value is -3.26. The normalized spacial score (nSPS) is 11.6. The Morgan fingerprint density at radius 2 is 1.94 bits per heavy atom. The van der Waals surface area contributed by atoms with Crippen LogP contribution in [0.3, 0.4) is 0 Å². The molecule has 6 nitrogen and oxygen atoms in total. The Morgan fingerprint density at radius 3 is 2.59 bits per heavy atom. The lowest BCUT2D eigenvalue weighted by Gasteiger charge is -2.23. The number of rotatable bonds is 10. The Bertz CT molecular complexity index is 1280. The molecule has 0 aliphatic rings. The summed E-state index contributed by atoms with van der Waals surface area (Å²) in [6, 6.07) is 12.8. The van der Waals surface area contributed by atoms with Crippen LogP contribution in [-0.4, -0.2) is 35.3 Å². The van der Waals surface area contributed by atoms with Crippen LogP contribution in [-0.2, 0) is 28.7 Å². The first kappa shape index (κ1) is 25.4. The number of halogens is 1. The number of aryl methyl sites for hydroxylation is 1. The lowest BCUT2D eigenvalue weighted by molar-refractivity contribution is 0.0758. The molecular formula is C26H30FN3O3S. The van der Waals surface area contributed by atoms with Crippen molar-refractivity contribution in [3.8, 4) is 0 Å². The number of hydrogen-bond acceptors (Lipinski definition) is 4. The summed E-state index contributed by atoms with van der Waals surface area (Å²) in [6.07, 6.45) is 3.08. The van der Waals surface area contributed by atoms with Crippen molar-refractivity contribution in [1.29, 1.82) is 0 Å². The fourth-order valence-corrected chi connectivity index (χ4v) is 5.35. The van der Waals surface area contributed by atoms with Gasteiger partial charge in [-0.3, -0.25) is 4.79 Å². The summed E-state index contributed by atoms with van der Waals surface area (Å²) >= 11 is 0. The molecule has 0 spiro atoms. The van der Waals surface area contributed by atoms with Gasteiger partial charge in [0.2, 0.25) is 15.0 Å². The number of carbonyl (C=O) groups excluding carboxylic acids is 1. The molecule has 1 aromatic heterocycles. The summed E-state index contributed by atoms with van der Waals surface area (Å²) in [5.41, 5.74) is 2.41. The Morgan fingerprint density at radius 1 is 1.21 bits per heavy atom. The monoisotopic (exact) mass is 483 g/mol. The van der Waals surface area contributed by atoms with E-state index in [-0.39, 0.29) is 41.4 Å². The molecule has 0 atom stereocenters. The lowest BCUT2D eigenvalue weighted by Crippen LogP contribution is -2.32. The first-order chi connectivity index (χ1) is 16.1. The van der Waals surface area contributed by atoms with Crippen molar-refractivity contribution >= 4 is 15.7 Å². The van der Waals surface area contributed by atoms with E-state index in [9.17, 15) is 17.6 Å². The maximum Gasteiger partial charge on any atom is 0.254 e. The van der Waals surface area contributed by atoms with Gasteiger partial charge in [-0.2, -0.15) is 0 Å². The van der Waals surface area contributed by atoms with E-state index in [4.69, 9.17) is 0 Å². The number of nitrogens with zero attached hydrogens (tertiary/aromatic N) is 3. The lowest BCUT2D eigenvalue weighted by atomic mass is 10.1. The van der Waals surface area contributed by atoms with Gasteiger partial charge in [-0.1, -0.05) is 50.3 Å². The zero-order valence-electron chi connectivity index (χ0n) is 19.7. The first-order valence-corrected chi connectivity index (χ1v) is 12.7. The molecule has 0 bridgehead atoms. The highest BCUT2D eigenvalue weighted by molar-refractivity contribution is 7.90. The molecule has 3 aromatic rings. The largest absolute Gasteiger partial charge is 0.329 e. The molecular weight excluding hydrogens is 453 g/mol. The van der Waals surface area contributed by atoms with Gasteiger partial charge in [0.15, 0.2) is 0 Å². The SMILES string of the molecule is C=CCN(Cc1cnc(S(=O)(=O)Cc2ccccc2C)n1CC(C)C)C(=O)c1cccc(F)c1. The minimum Gasteiger partial charge on any atom is -0.329 e. The van der Waals surface area contributed by atoms with E-state index in [0.29, 0.717) is 12.2 Å². The fraction of sp³-hybridized carbons (Fsp3) is 0.308. The predicted octanol–water partition coefficient (Wildman–Crippen LogP) is 4.79. The van der Waals surface area contributed by atoms with Crippen LogP contribution in [0.4, 0.5) is 4.39 Å². The second-order valence-corrected chi connectivity index (χ2v) is 10.6. The molecule has 0 saturated carbocycles. The zero-order chi connectivity index (χ0) is 24.9. The molecule has 8 heteroatoms. The number of amides is 1. The summed E-state index contributed by atoms with van der Waals surface area (Å²) in [4.78, 5) is 18.8. The maximum absolute atomic E-state index is 13.7. The van der Waals surface area contributed by atoms with Crippen LogP contribution in [0.25, 0.3) is 0 Å². The van der Waals surface area contributed by atoms with E-state index in [0.717, 1.165) is 11.1 Å². The predicted molar refractivity (Wildman–Crippen MR) is 130 cm³/mol. The Labute approximate surface area is 200 Å². The van der Waals surface area contributed by atoms with Gasteiger partial charge >= 0.3 is 0 Å². The van der Waals surface area contributed by atoms with E-state index in [1.54, 1.807) is 22.8 Å². The minimum absolute atomic E-state index is 0.0174. The van der Waals surface area contributed by atoms with Crippen molar-refractivity contribution < 1.29 is 17.6 Å². The van der Waals surface area contributed by atoms with E-state index >= 15 is 0 Å². The summed E-state index contributed by atoms with van der Waals surface area (Å²) in [7, 11) is -3.74. The third-order valence-corrected chi connectivity index (χ3v) is 6.97. The number of sulfone groups is 1. The summed E-state index contributed by atoms with van der Waals surface area (Å²) in [5, 5.41) is -0.0174. The summed E-state index contributed by atoms with van der Waals surface area (Å²) < 4.78 is 42.1. The third-order valence-electron chi connectivity index (χ3n) is 5.40. The van der Waals surface area contributed by atoms with Gasteiger partial charge < -0.3 is 9.47 Å². The van der Waals surface area contributed by atoms with Crippen LogP contribution >= 0.6 is 0 Å². The number of benzene rings is 2. The molecule has 0 fully saturated rings. The molecule has 1 heterocycles. The van der Waals surface area contributed by atoms with Gasteiger partial charge in [-0.25, -0.2) is 17.8 Å². The highest BCUT2D eigenvalue weighted by atomic mass is 32.2. The molecule has 180 valence electrons. The van der Waals surface area contributed by atoms with Crippen LogP contribution in [0.1, 0.15) is 41.0 Å². The van der Waals surface area contributed by atoms with Gasteiger partial charge in [-0.15, -0.1) is 6.58 Å². The highest BCUT2D eigenvalue weighted by Crippen LogP contribution is 2.22. The molecule has 2 aromatic carbocycles. The van der Waals surface area contributed by atoms with Crippen LogP contribution in [0.15, 0.2) is 72.5 Å². The van der Waals surface area contributed by atoms with Crippen LogP contribution in [0.2, 0.25) is 0 Å². The van der Waals surface area contributed by atoms with Crippen molar-refractivity contribution in [2.75, 3.05) is 6.54 Å². The van der Waals surface area contributed by atoms with Gasteiger partial charge in [0.1, 0.15) is 5.82 Å². The number of carbonyl (C=O) groups is 1. The van der Waals surface area contributed by atoms with E-state index < -0.39 is 15.7 Å². The van der Waals surface area contributed by atoms with Crippen molar-refractivity contribution in [3.63, 3.8) is 0 Å². The van der Waals surface area contributed by atoms with Gasteiger partial charge in [-0.05, 0) is 42.2 Å². The van der Waals surface area contributed by atoms with Crippen molar-refractivity contribution in [1.82, 2.24) is 14.5 Å². The highest BCUT2D eigenvalue weighted by Gasteiger charge is 2.26. The smallest absolute Gasteiger partial charge is 0.254 e. The molecule has 0 N–H and O–H groups in total. The number of hydrogen-bond donors (Lipinski definition) is 0. The van der Waals surface area contributed by atoms with Crippen LogP contribution < -0.4 is 0 Å². The van der Waals surface area contributed by atoms with Gasteiger partial charge in [0, 0.05) is 18.7 Å².